The summed E-state index contributed by atoms with van der Waals surface area (Å²) in [6.07, 6.45) is 7.77. The van der Waals surface area contributed by atoms with Crippen LogP contribution in [0.25, 0.3) is 0 Å². The Morgan fingerprint density at radius 3 is 1.57 bits per heavy atom. The number of aryl methyl sites for hydroxylation is 2. The molecule has 0 radical (unpaired) electrons. The van der Waals surface area contributed by atoms with Gasteiger partial charge in [0, 0.05) is 0 Å². The van der Waals surface area contributed by atoms with E-state index < -0.39 is 0 Å². The highest BCUT2D eigenvalue weighted by Gasteiger charge is 2.19. The van der Waals surface area contributed by atoms with Gasteiger partial charge in [-0.2, -0.15) is 0 Å². The van der Waals surface area contributed by atoms with Gasteiger partial charge >= 0.3 is 0 Å². The van der Waals surface area contributed by atoms with Crippen LogP contribution >= 0.6 is 0 Å². The summed E-state index contributed by atoms with van der Waals surface area (Å²) in [6, 6.07) is 4.74. The third-order valence-electron chi connectivity index (χ3n) is 3.29. The molecular weight excluding hydrogens is 168 g/mol. The summed E-state index contributed by atoms with van der Waals surface area (Å²) in [5.74, 6) is 0. The maximum Gasteiger partial charge on any atom is -0.0232 e. The Hall–Kier alpha value is -0.780. The fourth-order valence-corrected chi connectivity index (χ4v) is 2.49. The smallest absolute Gasteiger partial charge is 0.0232 e. The fraction of sp³-hybridized carbons (Fsp3) is 0.571. The number of fused-ring (bicyclic) bond motifs is 1. The molecule has 0 saturated heterocycles. The van der Waals surface area contributed by atoms with E-state index >= 15 is 0 Å². The number of benzene rings is 1. The molecule has 0 N–H and O–H groups in total. The van der Waals surface area contributed by atoms with Gasteiger partial charge in [0.25, 0.3) is 0 Å². The van der Waals surface area contributed by atoms with E-state index in [-0.39, 0.29) is 0 Å². The van der Waals surface area contributed by atoms with Gasteiger partial charge < -0.3 is 0 Å². The molecule has 0 saturated carbocycles. The number of hydrogen-bond acceptors (Lipinski definition) is 0. The van der Waals surface area contributed by atoms with Crippen molar-refractivity contribution >= 4 is 0 Å². The minimum absolute atomic E-state index is 1.27. The molecule has 2 rings (SSSR count). The third kappa shape index (κ3) is 1.58. The quantitative estimate of drug-likeness (QED) is 0.676. The molecule has 0 unspecified atom stereocenters. The second-order valence-electron chi connectivity index (χ2n) is 4.34. The van der Waals surface area contributed by atoms with Gasteiger partial charge in [0.15, 0.2) is 0 Å². The largest absolute Gasteiger partial charge is 0.0651 e. The van der Waals surface area contributed by atoms with Crippen LogP contribution in [0.1, 0.15) is 48.9 Å². The molecule has 1 aromatic rings. The first-order valence-electron chi connectivity index (χ1n) is 5.99. The Morgan fingerprint density at radius 1 is 0.857 bits per heavy atom. The molecule has 0 heterocycles. The van der Waals surface area contributed by atoms with Gasteiger partial charge in [-0.25, -0.2) is 0 Å². The number of rotatable bonds is 4. The molecule has 1 aliphatic rings. The maximum absolute atomic E-state index is 2.37. The van der Waals surface area contributed by atoms with E-state index in [0.29, 0.717) is 0 Å². The first kappa shape index (κ1) is 9.76. The van der Waals surface area contributed by atoms with Crippen molar-refractivity contribution in [1.29, 1.82) is 0 Å². The van der Waals surface area contributed by atoms with E-state index in [1.54, 1.807) is 22.3 Å². The molecule has 76 valence electrons. The zero-order chi connectivity index (χ0) is 9.97. The van der Waals surface area contributed by atoms with Crippen LogP contribution in [-0.2, 0) is 25.7 Å². The summed E-state index contributed by atoms with van der Waals surface area (Å²) in [5.41, 5.74) is 6.62. The molecule has 0 heteroatoms. The van der Waals surface area contributed by atoms with Gasteiger partial charge in [-0.05, 0) is 47.9 Å². The van der Waals surface area contributed by atoms with Crippen molar-refractivity contribution < 1.29 is 0 Å². The highest BCUT2D eigenvalue weighted by molar-refractivity contribution is 5.47. The Balaban J connectivity index is 2.28. The predicted octanol–water partition coefficient (Wildman–Crippen LogP) is 3.69. The molecule has 0 bridgehead atoms. The van der Waals surface area contributed by atoms with Gasteiger partial charge in [-0.15, -0.1) is 0 Å². The highest BCUT2D eigenvalue weighted by Crippen LogP contribution is 2.31. The fourth-order valence-electron chi connectivity index (χ4n) is 2.49. The molecule has 0 spiro atoms. The topological polar surface area (TPSA) is 0 Å². The lowest BCUT2D eigenvalue weighted by Crippen LogP contribution is -2.15. The molecule has 0 atom stereocenters. The predicted molar refractivity (Wildman–Crippen MR) is 61.8 cm³/mol. The van der Waals surface area contributed by atoms with E-state index in [4.69, 9.17) is 0 Å². The molecule has 14 heavy (non-hydrogen) atoms. The van der Waals surface area contributed by atoms with Crippen LogP contribution in [0, 0.1) is 0 Å². The van der Waals surface area contributed by atoms with Crippen LogP contribution in [0.3, 0.4) is 0 Å². The lowest BCUT2D eigenvalue weighted by atomic mass is 9.79. The lowest BCUT2D eigenvalue weighted by molar-refractivity contribution is 0.765. The monoisotopic (exact) mass is 188 g/mol. The highest BCUT2D eigenvalue weighted by atomic mass is 14.2. The van der Waals surface area contributed by atoms with Crippen LogP contribution < -0.4 is 0 Å². The Labute approximate surface area is 87.3 Å². The maximum atomic E-state index is 2.37. The van der Waals surface area contributed by atoms with Crippen molar-refractivity contribution in [3.05, 3.63) is 34.4 Å². The van der Waals surface area contributed by atoms with Crippen molar-refractivity contribution in [3.63, 3.8) is 0 Å². The molecular formula is C14H20. The molecule has 0 fully saturated rings. The number of hydrogen-bond donors (Lipinski definition) is 0. The van der Waals surface area contributed by atoms with E-state index in [2.05, 4.69) is 26.0 Å². The molecule has 0 aromatic heterocycles. The molecule has 0 amide bonds. The summed E-state index contributed by atoms with van der Waals surface area (Å²) >= 11 is 0. The summed E-state index contributed by atoms with van der Waals surface area (Å²) in [5, 5.41) is 0. The molecule has 0 aliphatic heterocycles. The second-order valence-corrected chi connectivity index (χ2v) is 4.34. The van der Waals surface area contributed by atoms with Crippen LogP contribution in [0.2, 0.25) is 0 Å². The van der Waals surface area contributed by atoms with Gasteiger partial charge in [-0.3, -0.25) is 0 Å². The standard InChI is InChI=1S/C14H20/c1-3-5-11-7-8-12(6-4-2)14-10-9-13(11)14/h7-8H,3-6,9-10H2,1-2H3. The average Bonchev–Trinajstić information content (AvgIpc) is 2.11. The summed E-state index contributed by atoms with van der Waals surface area (Å²) in [6.45, 7) is 4.54. The third-order valence-corrected chi connectivity index (χ3v) is 3.29. The van der Waals surface area contributed by atoms with Gasteiger partial charge in [-0.1, -0.05) is 38.8 Å². The Kier molecular flexibility index (Phi) is 2.90. The summed E-state index contributed by atoms with van der Waals surface area (Å²) in [4.78, 5) is 0. The zero-order valence-electron chi connectivity index (χ0n) is 9.40. The molecule has 0 nitrogen and oxygen atoms in total. The normalized spacial score (nSPS) is 13.6. The van der Waals surface area contributed by atoms with Gasteiger partial charge in [0.2, 0.25) is 0 Å². The van der Waals surface area contributed by atoms with E-state index in [0.717, 1.165) is 0 Å². The minimum atomic E-state index is 1.27. The zero-order valence-corrected chi connectivity index (χ0v) is 9.40. The van der Waals surface area contributed by atoms with Crippen LogP contribution in [-0.4, -0.2) is 0 Å². The van der Waals surface area contributed by atoms with Crippen molar-refractivity contribution in [2.45, 2.75) is 52.4 Å². The van der Waals surface area contributed by atoms with Crippen molar-refractivity contribution in [3.8, 4) is 0 Å². The first-order valence-corrected chi connectivity index (χ1v) is 5.99. The summed E-state index contributed by atoms with van der Waals surface area (Å²) < 4.78 is 0. The van der Waals surface area contributed by atoms with Gasteiger partial charge in [0.1, 0.15) is 0 Å². The minimum Gasteiger partial charge on any atom is -0.0651 e. The first-order chi connectivity index (χ1) is 6.86. The van der Waals surface area contributed by atoms with Crippen molar-refractivity contribution in [1.82, 2.24) is 0 Å². The Bertz CT molecular complexity index is 290. The van der Waals surface area contributed by atoms with Crippen molar-refractivity contribution in [2.75, 3.05) is 0 Å². The van der Waals surface area contributed by atoms with Gasteiger partial charge in [0.05, 0.1) is 0 Å². The van der Waals surface area contributed by atoms with E-state index in [1.165, 1.54) is 38.5 Å². The average molecular weight is 188 g/mol. The van der Waals surface area contributed by atoms with Crippen LogP contribution in [0.5, 0.6) is 0 Å². The van der Waals surface area contributed by atoms with Crippen molar-refractivity contribution in [2.24, 2.45) is 0 Å². The van der Waals surface area contributed by atoms with Crippen LogP contribution in [0.15, 0.2) is 12.1 Å². The van der Waals surface area contributed by atoms with Crippen LogP contribution in [0.4, 0.5) is 0 Å². The van der Waals surface area contributed by atoms with E-state index in [9.17, 15) is 0 Å². The molecule has 1 aromatic carbocycles. The Morgan fingerprint density at radius 2 is 1.29 bits per heavy atom. The SMILES string of the molecule is CCCc1ccc(CCC)c2c1CC2. The summed E-state index contributed by atoms with van der Waals surface area (Å²) in [7, 11) is 0. The lowest BCUT2D eigenvalue weighted by Gasteiger charge is -2.26. The molecule has 1 aliphatic carbocycles. The van der Waals surface area contributed by atoms with E-state index in [1.807, 2.05) is 0 Å². The second kappa shape index (κ2) is 4.16.